The third-order valence-corrected chi connectivity index (χ3v) is 11.1. The van der Waals surface area contributed by atoms with Gasteiger partial charge in [0.1, 0.15) is 6.61 Å². The Bertz CT molecular complexity index is 1280. The maximum absolute atomic E-state index is 12.3. The first-order valence-electron chi connectivity index (χ1n) is 26.4. The Morgan fingerprint density at radius 1 is 0.359 bits per heavy atom. The molecule has 0 saturated carbocycles. The third kappa shape index (κ3) is 51.2. The van der Waals surface area contributed by atoms with E-state index in [4.69, 9.17) is 9.47 Å². The molecule has 0 fully saturated rings. The van der Waals surface area contributed by atoms with Gasteiger partial charge in [-0.1, -0.05) is 232 Å². The van der Waals surface area contributed by atoms with Crippen LogP contribution in [0.1, 0.15) is 232 Å². The quantitative estimate of drug-likeness (QED) is 0.0374. The highest BCUT2D eigenvalue weighted by Gasteiger charge is 2.16. The minimum atomic E-state index is -0.788. The van der Waals surface area contributed by atoms with Crippen LogP contribution in [0.2, 0.25) is 0 Å². The minimum Gasteiger partial charge on any atom is -0.462 e. The summed E-state index contributed by atoms with van der Waals surface area (Å²) in [6.45, 7) is 3.89. The van der Waals surface area contributed by atoms with Crippen molar-refractivity contribution in [3.63, 3.8) is 0 Å². The van der Waals surface area contributed by atoms with Crippen LogP contribution in [0, 0.1) is 0 Å². The lowest BCUT2D eigenvalue weighted by molar-refractivity contribution is -0.161. The number of aliphatic hydroxyl groups excluding tert-OH is 1. The molecule has 0 aromatic carbocycles. The predicted molar refractivity (Wildman–Crippen MR) is 279 cm³/mol. The van der Waals surface area contributed by atoms with E-state index in [1.54, 1.807) is 0 Å². The van der Waals surface area contributed by atoms with E-state index < -0.39 is 6.10 Å². The molecule has 0 amide bonds. The average Bonchev–Trinajstić information content (AvgIpc) is 3.30. The summed E-state index contributed by atoms with van der Waals surface area (Å²) in [6, 6.07) is 0. The van der Waals surface area contributed by atoms with Crippen LogP contribution in [0.4, 0.5) is 0 Å². The van der Waals surface area contributed by atoms with Gasteiger partial charge in [-0.3, -0.25) is 9.59 Å². The van der Waals surface area contributed by atoms with Crippen molar-refractivity contribution in [3.05, 3.63) is 109 Å². The van der Waals surface area contributed by atoms with E-state index >= 15 is 0 Å². The minimum absolute atomic E-state index is 0.0825. The normalized spacial score (nSPS) is 13.1. The molecule has 0 aliphatic rings. The molecule has 364 valence electrons. The van der Waals surface area contributed by atoms with Gasteiger partial charge in [-0.15, -0.1) is 0 Å². The maximum atomic E-state index is 12.3. The molecule has 0 spiro atoms. The van der Waals surface area contributed by atoms with Gasteiger partial charge >= 0.3 is 11.9 Å². The fourth-order valence-corrected chi connectivity index (χ4v) is 7.16. The lowest BCUT2D eigenvalue weighted by Gasteiger charge is -2.15. The molecule has 0 saturated heterocycles. The van der Waals surface area contributed by atoms with Gasteiger partial charge in [0.25, 0.3) is 0 Å². The molecule has 1 unspecified atom stereocenters. The number of allylic oxidation sites excluding steroid dienone is 18. The van der Waals surface area contributed by atoms with Crippen LogP contribution < -0.4 is 0 Å². The maximum Gasteiger partial charge on any atom is 0.306 e. The lowest BCUT2D eigenvalue weighted by Crippen LogP contribution is -2.28. The van der Waals surface area contributed by atoms with Gasteiger partial charge in [0.05, 0.1) is 6.61 Å². The van der Waals surface area contributed by atoms with Crippen molar-refractivity contribution in [2.24, 2.45) is 0 Å². The Kier molecular flexibility index (Phi) is 51.0. The summed E-state index contributed by atoms with van der Waals surface area (Å²) in [5.41, 5.74) is 0. The number of unbranched alkanes of at least 4 members (excludes halogenated alkanes) is 21. The van der Waals surface area contributed by atoms with E-state index in [0.717, 1.165) is 109 Å². The van der Waals surface area contributed by atoms with Crippen molar-refractivity contribution in [2.75, 3.05) is 13.2 Å². The van der Waals surface area contributed by atoms with Crippen LogP contribution in [0.25, 0.3) is 0 Å². The second-order valence-electron chi connectivity index (χ2n) is 17.2. The van der Waals surface area contributed by atoms with E-state index in [0.29, 0.717) is 12.8 Å². The van der Waals surface area contributed by atoms with E-state index in [2.05, 4.69) is 123 Å². The van der Waals surface area contributed by atoms with Gasteiger partial charge < -0.3 is 14.6 Å². The number of ether oxygens (including phenoxy) is 2. The van der Waals surface area contributed by atoms with Crippen molar-refractivity contribution in [1.29, 1.82) is 0 Å². The Morgan fingerprint density at radius 2 is 0.625 bits per heavy atom. The first-order chi connectivity index (χ1) is 31.6. The Morgan fingerprint density at radius 3 is 0.938 bits per heavy atom. The number of hydrogen-bond acceptors (Lipinski definition) is 5. The zero-order valence-corrected chi connectivity index (χ0v) is 41.5. The Labute approximate surface area is 395 Å². The Hall–Kier alpha value is -3.44. The Balaban J connectivity index is 3.51. The molecule has 0 aromatic heterocycles. The van der Waals surface area contributed by atoms with Gasteiger partial charge in [0.15, 0.2) is 6.10 Å². The molecular weight excluding hydrogens is 789 g/mol. The van der Waals surface area contributed by atoms with Crippen LogP contribution >= 0.6 is 0 Å². The fraction of sp³-hybridized carbons (Fsp3) is 0.661. The van der Waals surface area contributed by atoms with Gasteiger partial charge in [-0.2, -0.15) is 0 Å². The largest absolute Gasteiger partial charge is 0.462 e. The highest BCUT2D eigenvalue weighted by atomic mass is 16.6. The number of esters is 2. The zero-order chi connectivity index (χ0) is 46.3. The van der Waals surface area contributed by atoms with Gasteiger partial charge in [0, 0.05) is 12.8 Å². The van der Waals surface area contributed by atoms with Crippen LogP contribution in [0.3, 0.4) is 0 Å². The molecule has 0 radical (unpaired) electrons. The van der Waals surface area contributed by atoms with Crippen LogP contribution in [0.15, 0.2) is 109 Å². The fourth-order valence-electron chi connectivity index (χ4n) is 7.16. The lowest BCUT2D eigenvalue weighted by atomic mass is 10.0. The van der Waals surface area contributed by atoms with Gasteiger partial charge in [0.2, 0.25) is 0 Å². The summed E-state index contributed by atoms with van der Waals surface area (Å²) < 4.78 is 10.7. The zero-order valence-electron chi connectivity index (χ0n) is 41.5. The van der Waals surface area contributed by atoms with E-state index in [1.807, 2.05) is 0 Å². The highest BCUT2D eigenvalue weighted by Crippen LogP contribution is 2.15. The summed E-state index contributed by atoms with van der Waals surface area (Å²) >= 11 is 0. The van der Waals surface area contributed by atoms with Gasteiger partial charge in [-0.25, -0.2) is 0 Å². The molecule has 1 N–H and O–H groups in total. The first kappa shape index (κ1) is 60.6. The van der Waals surface area contributed by atoms with Crippen LogP contribution in [0.5, 0.6) is 0 Å². The smallest absolute Gasteiger partial charge is 0.306 e. The molecule has 0 aliphatic heterocycles. The molecule has 64 heavy (non-hydrogen) atoms. The molecule has 1 atom stereocenters. The number of aliphatic hydroxyl groups is 1. The van der Waals surface area contributed by atoms with E-state index in [1.165, 1.54) is 96.3 Å². The van der Waals surface area contributed by atoms with Crippen molar-refractivity contribution < 1.29 is 24.2 Å². The van der Waals surface area contributed by atoms with Crippen molar-refractivity contribution in [1.82, 2.24) is 0 Å². The molecule has 0 rings (SSSR count). The van der Waals surface area contributed by atoms with E-state index in [-0.39, 0.29) is 25.2 Å². The molecule has 0 heterocycles. The molecule has 5 nitrogen and oxygen atoms in total. The van der Waals surface area contributed by atoms with Crippen LogP contribution in [-0.2, 0) is 19.1 Å². The second-order valence-corrected chi connectivity index (χ2v) is 17.2. The number of carbonyl (C=O) groups excluding carboxylic acids is 2. The van der Waals surface area contributed by atoms with Crippen LogP contribution in [-0.4, -0.2) is 36.4 Å². The van der Waals surface area contributed by atoms with E-state index in [9.17, 15) is 14.7 Å². The summed E-state index contributed by atoms with van der Waals surface area (Å²) in [5.74, 6) is -0.620. The first-order valence-corrected chi connectivity index (χ1v) is 26.4. The topological polar surface area (TPSA) is 72.8 Å². The summed E-state index contributed by atoms with van der Waals surface area (Å²) in [7, 11) is 0. The number of carbonyl (C=O) groups is 2. The highest BCUT2D eigenvalue weighted by molar-refractivity contribution is 5.70. The SMILES string of the molecule is CC/C=C\C/C=C\C/C=C\C/C=C\C/C=C\CCCCCCCCCCCCCCCCCCCC(=O)OC(CO)COC(=O)CCCCCC/C=C\C/C=C\C/C=C\C/C=C\CC. The molecule has 0 aliphatic carbocycles. The number of hydrogen-bond donors (Lipinski definition) is 1. The monoisotopic (exact) mass is 887 g/mol. The average molecular weight is 887 g/mol. The standard InChI is InChI=1S/C59H98O5/c1-3-5-7-9-11-13-15-17-19-21-22-23-24-25-26-27-28-29-30-31-32-33-34-35-36-38-40-42-44-46-48-50-52-54-59(62)64-57(55-60)56-63-58(61)53-51-49-47-45-43-41-39-37-20-18-16-14-12-10-8-6-4-2/h5-8,11-14,17-20,22-23,25-26,39,41,57,60H,3-4,9-10,15-16,21,24,27-38,40,42-56H2,1-2H3/b7-5-,8-6-,13-11-,14-12-,19-17-,20-18-,23-22-,26-25-,41-39-. The van der Waals surface area contributed by atoms with Gasteiger partial charge in [-0.05, 0) is 96.3 Å². The molecule has 0 aromatic rings. The molecular formula is C59H98O5. The summed E-state index contributed by atoms with van der Waals surface area (Å²) in [6.07, 6.45) is 77.7. The summed E-state index contributed by atoms with van der Waals surface area (Å²) in [5, 5.41) is 9.63. The molecule has 5 heteroatoms. The second kappa shape index (κ2) is 53.9. The van der Waals surface area contributed by atoms with Crippen molar-refractivity contribution >= 4 is 11.9 Å². The molecule has 0 bridgehead atoms. The summed E-state index contributed by atoms with van der Waals surface area (Å²) in [4.78, 5) is 24.4. The predicted octanol–water partition coefficient (Wildman–Crippen LogP) is 17.7. The number of rotatable bonds is 47. The third-order valence-electron chi connectivity index (χ3n) is 11.1. The van der Waals surface area contributed by atoms with Crippen molar-refractivity contribution in [2.45, 2.75) is 238 Å². The van der Waals surface area contributed by atoms with Crippen molar-refractivity contribution in [3.8, 4) is 0 Å².